The van der Waals surface area contributed by atoms with Crippen molar-refractivity contribution < 1.29 is 14.3 Å². The molecule has 1 amide bonds. The summed E-state index contributed by atoms with van der Waals surface area (Å²) >= 11 is 12.6. The first-order chi connectivity index (χ1) is 14.9. The summed E-state index contributed by atoms with van der Waals surface area (Å²) in [5.74, 6) is -0.954. The molecule has 0 saturated carbocycles. The molecular weight excluding hydrogens is 437 g/mol. The van der Waals surface area contributed by atoms with Crippen LogP contribution in [0, 0.1) is 6.92 Å². The van der Waals surface area contributed by atoms with Crippen LogP contribution in [0.2, 0.25) is 10.2 Å². The Kier molecular flexibility index (Phi) is 6.03. The summed E-state index contributed by atoms with van der Waals surface area (Å²) in [7, 11) is 0. The average molecular weight is 458 g/mol. The third-order valence-corrected chi connectivity index (χ3v) is 6.10. The van der Waals surface area contributed by atoms with Gasteiger partial charge in [-0.05, 0) is 43.5 Å². The Balaban J connectivity index is 1.46. The van der Waals surface area contributed by atoms with Crippen molar-refractivity contribution in [2.45, 2.75) is 32.9 Å². The standard InChI is InChI=1S/C23H21Cl2N3O3/c1-14-11-16-7-4-6-10-19(16)28(14)20(29)13-31-23(30)21-15(2)26-27(22(21)25)12-17-8-3-5-9-18(17)24/h3-10,14H,11-13H2,1-2H3/t14-/m0/s1. The Labute approximate surface area is 190 Å². The number of nitrogens with zero attached hydrogens (tertiary/aromatic N) is 3. The van der Waals surface area contributed by atoms with Gasteiger partial charge in [0.05, 0.1) is 12.2 Å². The van der Waals surface area contributed by atoms with Crippen molar-refractivity contribution in [3.63, 3.8) is 0 Å². The monoisotopic (exact) mass is 457 g/mol. The van der Waals surface area contributed by atoms with Gasteiger partial charge in [-0.1, -0.05) is 59.6 Å². The van der Waals surface area contributed by atoms with Crippen molar-refractivity contribution in [1.29, 1.82) is 0 Å². The van der Waals surface area contributed by atoms with Crippen molar-refractivity contribution in [2.75, 3.05) is 11.5 Å². The van der Waals surface area contributed by atoms with Crippen molar-refractivity contribution in [1.82, 2.24) is 9.78 Å². The van der Waals surface area contributed by atoms with Crippen LogP contribution < -0.4 is 4.90 Å². The maximum Gasteiger partial charge on any atom is 0.343 e. The van der Waals surface area contributed by atoms with E-state index in [1.807, 2.05) is 49.4 Å². The number of amides is 1. The lowest BCUT2D eigenvalue weighted by Crippen LogP contribution is -2.38. The first-order valence-electron chi connectivity index (χ1n) is 9.90. The third kappa shape index (κ3) is 4.18. The maximum atomic E-state index is 12.8. The van der Waals surface area contributed by atoms with Crippen LogP contribution in [0.4, 0.5) is 5.69 Å². The number of anilines is 1. The lowest BCUT2D eigenvalue weighted by molar-refractivity contribution is -0.122. The summed E-state index contributed by atoms with van der Waals surface area (Å²) in [6.07, 6.45) is 0.773. The number of halogens is 2. The zero-order valence-electron chi connectivity index (χ0n) is 17.1. The number of esters is 1. The van der Waals surface area contributed by atoms with E-state index in [0.717, 1.165) is 23.2 Å². The number of rotatable bonds is 5. The highest BCUT2D eigenvalue weighted by molar-refractivity contribution is 6.33. The second-order valence-electron chi connectivity index (χ2n) is 7.52. The molecule has 0 fully saturated rings. The van der Waals surface area contributed by atoms with Crippen LogP contribution >= 0.6 is 23.2 Å². The van der Waals surface area contributed by atoms with Crippen molar-refractivity contribution in [2.24, 2.45) is 0 Å². The SMILES string of the molecule is Cc1nn(Cc2ccccc2Cl)c(Cl)c1C(=O)OCC(=O)N1c2ccccc2C[C@@H]1C. The largest absolute Gasteiger partial charge is 0.452 e. The molecule has 0 aliphatic carbocycles. The smallest absolute Gasteiger partial charge is 0.343 e. The summed E-state index contributed by atoms with van der Waals surface area (Å²) in [6.45, 7) is 3.59. The number of para-hydroxylation sites is 1. The second-order valence-corrected chi connectivity index (χ2v) is 8.29. The van der Waals surface area contributed by atoms with Crippen LogP contribution in [0.15, 0.2) is 48.5 Å². The molecule has 1 atom stereocenters. The molecular formula is C23H21Cl2N3O3. The summed E-state index contributed by atoms with van der Waals surface area (Å²) in [5, 5.41) is 5.08. The molecule has 0 unspecified atom stereocenters. The number of carbonyl (C=O) groups is 2. The molecule has 6 nitrogen and oxygen atoms in total. The molecule has 8 heteroatoms. The quantitative estimate of drug-likeness (QED) is 0.521. The summed E-state index contributed by atoms with van der Waals surface area (Å²) < 4.78 is 6.82. The van der Waals surface area contributed by atoms with Crippen LogP contribution in [0.5, 0.6) is 0 Å². The highest BCUT2D eigenvalue weighted by Crippen LogP contribution is 2.32. The number of hydrogen-bond acceptors (Lipinski definition) is 4. The van der Waals surface area contributed by atoms with E-state index in [4.69, 9.17) is 27.9 Å². The lowest BCUT2D eigenvalue weighted by atomic mass is 10.1. The van der Waals surface area contributed by atoms with Gasteiger partial charge in [0.25, 0.3) is 5.91 Å². The van der Waals surface area contributed by atoms with E-state index < -0.39 is 5.97 Å². The van der Waals surface area contributed by atoms with E-state index in [0.29, 0.717) is 17.3 Å². The molecule has 2 aromatic carbocycles. The Morgan fingerprint density at radius 1 is 1.13 bits per heavy atom. The van der Waals surface area contributed by atoms with Gasteiger partial charge in [-0.15, -0.1) is 0 Å². The van der Waals surface area contributed by atoms with Gasteiger partial charge in [0, 0.05) is 16.8 Å². The molecule has 0 N–H and O–H groups in total. The van der Waals surface area contributed by atoms with E-state index in [9.17, 15) is 9.59 Å². The fraction of sp³-hybridized carbons (Fsp3) is 0.261. The number of fused-ring (bicyclic) bond motifs is 1. The number of carbonyl (C=O) groups excluding carboxylic acids is 2. The number of hydrogen-bond donors (Lipinski definition) is 0. The van der Waals surface area contributed by atoms with Crippen molar-refractivity contribution in [3.05, 3.63) is 81.1 Å². The molecule has 0 saturated heterocycles. The molecule has 31 heavy (non-hydrogen) atoms. The molecule has 1 aliphatic rings. The fourth-order valence-corrected chi connectivity index (χ4v) is 4.40. The summed E-state index contributed by atoms with van der Waals surface area (Å²) in [6, 6.07) is 15.1. The molecule has 1 aliphatic heterocycles. The van der Waals surface area contributed by atoms with E-state index in [2.05, 4.69) is 5.10 Å². The number of aryl methyl sites for hydroxylation is 1. The number of aromatic nitrogens is 2. The van der Waals surface area contributed by atoms with E-state index in [-0.39, 0.29) is 29.3 Å². The molecule has 3 aromatic rings. The minimum atomic E-state index is -0.679. The molecule has 4 rings (SSSR count). The minimum absolute atomic E-state index is 0.00676. The molecule has 0 radical (unpaired) electrons. The van der Waals surface area contributed by atoms with Crippen LogP contribution in [0.1, 0.15) is 34.1 Å². The zero-order chi connectivity index (χ0) is 22.1. The Hall–Kier alpha value is -2.83. The first kappa shape index (κ1) is 21.4. The first-order valence-corrected chi connectivity index (χ1v) is 10.7. The highest BCUT2D eigenvalue weighted by Gasteiger charge is 2.31. The third-order valence-electron chi connectivity index (χ3n) is 5.35. The second kappa shape index (κ2) is 8.73. The zero-order valence-corrected chi connectivity index (χ0v) is 18.7. The molecule has 2 heterocycles. The van der Waals surface area contributed by atoms with Gasteiger partial charge in [0.1, 0.15) is 10.7 Å². The van der Waals surface area contributed by atoms with Gasteiger partial charge in [-0.25, -0.2) is 9.48 Å². The predicted molar refractivity (Wildman–Crippen MR) is 120 cm³/mol. The summed E-state index contributed by atoms with van der Waals surface area (Å²) in [5.41, 5.74) is 3.36. The molecule has 1 aromatic heterocycles. The Bertz CT molecular complexity index is 1160. The summed E-state index contributed by atoms with van der Waals surface area (Å²) in [4.78, 5) is 27.2. The molecule has 0 bridgehead atoms. The highest BCUT2D eigenvalue weighted by atomic mass is 35.5. The van der Waals surface area contributed by atoms with Gasteiger partial charge in [0.15, 0.2) is 6.61 Å². The number of ether oxygens (including phenoxy) is 1. The Morgan fingerprint density at radius 3 is 2.61 bits per heavy atom. The van der Waals surface area contributed by atoms with Crippen LogP contribution in [0.3, 0.4) is 0 Å². The van der Waals surface area contributed by atoms with Gasteiger partial charge >= 0.3 is 5.97 Å². The van der Waals surface area contributed by atoms with Crippen LogP contribution in [0.25, 0.3) is 0 Å². The minimum Gasteiger partial charge on any atom is -0.452 e. The molecule has 160 valence electrons. The maximum absolute atomic E-state index is 12.8. The van der Waals surface area contributed by atoms with Gasteiger partial charge in [-0.3, -0.25) is 4.79 Å². The van der Waals surface area contributed by atoms with Crippen molar-refractivity contribution in [3.8, 4) is 0 Å². The lowest BCUT2D eigenvalue weighted by Gasteiger charge is -2.22. The van der Waals surface area contributed by atoms with Gasteiger partial charge in [0.2, 0.25) is 0 Å². The van der Waals surface area contributed by atoms with E-state index in [1.54, 1.807) is 17.9 Å². The fourth-order valence-electron chi connectivity index (χ4n) is 3.89. The molecule has 0 spiro atoms. The van der Waals surface area contributed by atoms with Crippen molar-refractivity contribution >= 4 is 40.8 Å². The topological polar surface area (TPSA) is 64.4 Å². The normalized spacial score (nSPS) is 15.1. The number of benzene rings is 2. The average Bonchev–Trinajstić information content (AvgIpc) is 3.22. The van der Waals surface area contributed by atoms with Crippen LogP contribution in [-0.4, -0.2) is 34.3 Å². The van der Waals surface area contributed by atoms with Gasteiger partial charge < -0.3 is 9.64 Å². The van der Waals surface area contributed by atoms with Gasteiger partial charge in [-0.2, -0.15) is 5.10 Å². The van der Waals surface area contributed by atoms with Crippen LogP contribution in [-0.2, 0) is 22.5 Å². The Morgan fingerprint density at radius 2 is 1.84 bits per heavy atom. The van der Waals surface area contributed by atoms with E-state index >= 15 is 0 Å². The van der Waals surface area contributed by atoms with E-state index in [1.165, 1.54) is 4.68 Å². The predicted octanol–water partition coefficient (Wildman–Crippen LogP) is 4.68.